The zero-order valence-corrected chi connectivity index (χ0v) is 12.5. The lowest BCUT2D eigenvalue weighted by atomic mass is 10.2. The molecule has 0 amide bonds. The van der Waals surface area contributed by atoms with E-state index >= 15 is 0 Å². The van der Waals surface area contributed by atoms with Crippen LogP contribution in [0.4, 0.5) is 0 Å². The molecular formula is C16H21ClN2O. The molecule has 0 aliphatic carbocycles. The van der Waals surface area contributed by atoms with Crippen LogP contribution in [0.1, 0.15) is 31.2 Å². The van der Waals surface area contributed by atoms with Crippen molar-refractivity contribution in [2.75, 3.05) is 32.1 Å². The van der Waals surface area contributed by atoms with Crippen molar-refractivity contribution in [2.24, 2.45) is 0 Å². The highest BCUT2D eigenvalue weighted by atomic mass is 35.5. The molecule has 1 aromatic heterocycles. The van der Waals surface area contributed by atoms with Gasteiger partial charge in [0.05, 0.1) is 12.8 Å². The molecule has 0 bridgehead atoms. The number of halogens is 1. The summed E-state index contributed by atoms with van der Waals surface area (Å²) in [6, 6.07) is 1.93. The summed E-state index contributed by atoms with van der Waals surface area (Å²) < 4.78 is 5.73. The van der Waals surface area contributed by atoms with Gasteiger partial charge in [0.25, 0.3) is 0 Å². The maximum absolute atomic E-state index is 5.73. The molecule has 0 spiro atoms. The van der Waals surface area contributed by atoms with Crippen molar-refractivity contribution in [1.29, 1.82) is 0 Å². The first-order valence-corrected chi connectivity index (χ1v) is 7.77. The molecule has 108 valence electrons. The van der Waals surface area contributed by atoms with Crippen LogP contribution >= 0.6 is 11.6 Å². The van der Waals surface area contributed by atoms with Crippen LogP contribution in [0.3, 0.4) is 0 Å². The Morgan fingerprint density at radius 3 is 2.95 bits per heavy atom. The largest absolute Gasteiger partial charge is 0.492 e. The predicted molar refractivity (Wildman–Crippen MR) is 82.2 cm³/mol. The zero-order chi connectivity index (χ0) is 14.0. The summed E-state index contributed by atoms with van der Waals surface area (Å²) in [5, 5.41) is 0. The summed E-state index contributed by atoms with van der Waals surface area (Å²) in [7, 11) is 0. The lowest BCUT2D eigenvalue weighted by molar-refractivity contribution is 0.262. The average Bonchev–Trinajstić information content (AvgIpc) is 2.98. The number of hydrogen-bond acceptors (Lipinski definition) is 3. The van der Waals surface area contributed by atoms with Crippen LogP contribution in [-0.2, 0) is 0 Å². The second-order valence-corrected chi connectivity index (χ2v) is 5.28. The number of alkyl halides is 1. The van der Waals surface area contributed by atoms with Gasteiger partial charge in [0.15, 0.2) is 0 Å². The predicted octanol–water partition coefficient (Wildman–Crippen LogP) is 2.93. The normalized spacial score (nSPS) is 14.8. The highest BCUT2D eigenvalue weighted by molar-refractivity contribution is 6.18. The molecule has 0 aromatic carbocycles. The molecule has 1 fully saturated rings. The number of hydrogen-bond donors (Lipinski definition) is 0. The Balaban J connectivity index is 1.72. The first-order chi connectivity index (χ1) is 9.88. The quantitative estimate of drug-likeness (QED) is 0.458. The molecule has 0 N–H and O–H groups in total. The molecule has 2 rings (SSSR count). The van der Waals surface area contributed by atoms with E-state index in [9.17, 15) is 0 Å². The lowest BCUT2D eigenvalue weighted by Gasteiger charge is -2.14. The third-order valence-corrected chi connectivity index (χ3v) is 3.44. The summed E-state index contributed by atoms with van der Waals surface area (Å²) in [5.74, 6) is 7.39. The minimum Gasteiger partial charge on any atom is -0.492 e. The van der Waals surface area contributed by atoms with Crippen LogP contribution in [0.15, 0.2) is 18.5 Å². The highest BCUT2D eigenvalue weighted by Gasteiger charge is 2.10. The molecule has 0 saturated carbocycles. The molecule has 1 aliphatic heterocycles. The van der Waals surface area contributed by atoms with Gasteiger partial charge >= 0.3 is 0 Å². The fraction of sp³-hybridized carbons (Fsp3) is 0.562. The summed E-state index contributed by atoms with van der Waals surface area (Å²) in [6.07, 6.45) is 7.92. The van der Waals surface area contributed by atoms with E-state index in [0.29, 0.717) is 12.3 Å². The van der Waals surface area contributed by atoms with Crippen LogP contribution in [0, 0.1) is 11.8 Å². The Hall–Kier alpha value is -1.24. The zero-order valence-electron chi connectivity index (χ0n) is 11.8. The molecule has 0 atom stereocenters. The first kappa shape index (κ1) is 15.2. The Bertz CT molecular complexity index is 461. The van der Waals surface area contributed by atoms with Crippen molar-refractivity contribution in [1.82, 2.24) is 9.88 Å². The molecule has 1 aromatic rings. The minimum atomic E-state index is 0.563. The van der Waals surface area contributed by atoms with E-state index in [-0.39, 0.29) is 0 Å². The van der Waals surface area contributed by atoms with Gasteiger partial charge in [-0.25, -0.2) is 0 Å². The van der Waals surface area contributed by atoms with Crippen molar-refractivity contribution >= 4 is 11.6 Å². The smallest absolute Gasteiger partial charge is 0.138 e. The van der Waals surface area contributed by atoms with Crippen molar-refractivity contribution < 1.29 is 4.74 Å². The third kappa shape index (κ3) is 5.40. The lowest BCUT2D eigenvalue weighted by Crippen LogP contribution is -2.21. The van der Waals surface area contributed by atoms with E-state index in [1.165, 1.54) is 25.9 Å². The van der Waals surface area contributed by atoms with Gasteiger partial charge in [-0.1, -0.05) is 11.8 Å². The monoisotopic (exact) mass is 292 g/mol. The molecule has 2 heterocycles. The number of rotatable bonds is 6. The van der Waals surface area contributed by atoms with Gasteiger partial charge in [-0.15, -0.1) is 11.6 Å². The van der Waals surface area contributed by atoms with Gasteiger partial charge in [-0.05, 0) is 38.4 Å². The topological polar surface area (TPSA) is 25.4 Å². The van der Waals surface area contributed by atoms with Gasteiger partial charge in [0.1, 0.15) is 5.75 Å². The van der Waals surface area contributed by atoms with E-state index in [1.807, 2.05) is 6.07 Å². The van der Waals surface area contributed by atoms with Crippen molar-refractivity contribution in [2.45, 2.75) is 25.7 Å². The molecule has 1 aliphatic rings. The van der Waals surface area contributed by atoms with Gasteiger partial charge in [-0.3, -0.25) is 4.98 Å². The van der Waals surface area contributed by atoms with Crippen LogP contribution in [0.5, 0.6) is 5.75 Å². The Morgan fingerprint density at radius 2 is 2.15 bits per heavy atom. The summed E-state index contributed by atoms with van der Waals surface area (Å²) >= 11 is 5.59. The van der Waals surface area contributed by atoms with Crippen molar-refractivity contribution in [3.63, 3.8) is 0 Å². The van der Waals surface area contributed by atoms with E-state index in [1.54, 1.807) is 12.4 Å². The summed E-state index contributed by atoms with van der Waals surface area (Å²) in [5.41, 5.74) is 0.882. The first-order valence-electron chi connectivity index (χ1n) is 7.23. The Labute approximate surface area is 126 Å². The average molecular weight is 293 g/mol. The maximum Gasteiger partial charge on any atom is 0.138 e. The molecule has 20 heavy (non-hydrogen) atoms. The maximum atomic E-state index is 5.73. The molecule has 0 unspecified atom stereocenters. The molecular weight excluding hydrogens is 272 g/mol. The number of nitrogens with zero attached hydrogens (tertiary/aromatic N) is 2. The minimum absolute atomic E-state index is 0.563. The Kier molecular flexibility index (Phi) is 6.70. The van der Waals surface area contributed by atoms with E-state index in [2.05, 4.69) is 21.7 Å². The van der Waals surface area contributed by atoms with Crippen molar-refractivity contribution in [3.8, 4) is 17.6 Å². The van der Waals surface area contributed by atoms with Crippen LogP contribution in [0.25, 0.3) is 0 Å². The number of pyridine rings is 1. The van der Waals surface area contributed by atoms with E-state index in [0.717, 1.165) is 30.9 Å². The number of aromatic nitrogens is 1. The van der Waals surface area contributed by atoms with Gasteiger partial charge in [0, 0.05) is 30.6 Å². The Morgan fingerprint density at radius 1 is 1.30 bits per heavy atom. The van der Waals surface area contributed by atoms with Gasteiger partial charge in [0.2, 0.25) is 0 Å². The summed E-state index contributed by atoms with van der Waals surface area (Å²) in [6.45, 7) is 4.35. The van der Waals surface area contributed by atoms with Crippen LogP contribution < -0.4 is 4.74 Å². The number of ether oxygens (including phenoxy) is 1. The molecule has 3 nitrogen and oxygen atoms in total. The fourth-order valence-corrected chi connectivity index (χ4v) is 2.36. The molecule has 4 heteroatoms. The standard InChI is InChI=1S/C16H21ClN2O/c17-7-2-1-6-15-12-16(14-18-13-15)20-11-5-10-19-8-3-4-9-19/h12-14H,2-5,7-11H2. The fourth-order valence-electron chi connectivity index (χ4n) is 2.26. The van der Waals surface area contributed by atoms with Crippen molar-refractivity contribution in [3.05, 3.63) is 24.0 Å². The highest BCUT2D eigenvalue weighted by Crippen LogP contribution is 2.12. The molecule has 1 saturated heterocycles. The SMILES string of the molecule is ClCCC#Cc1cncc(OCCCN2CCCC2)c1. The van der Waals surface area contributed by atoms with Crippen LogP contribution in [0.2, 0.25) is 0 Å². The van der Waals surface area contributed by atoms with Crippen LogP contribution in [-0.4, -0.2) is 42.0 Å². The second kappa shape index (κ2) is 8.84. The van der Waals surface area contributed by atoms with E-state index < -0.39 is 0 Å². The van der Waals surface area contributed by atoms with E-state index in [4.69, 9.17) is 16.3 Å². The van der Waals surface area contributed by atoms with Gasteiger partial charge < -0.3 is 9.64 Å². The van der Waals surface area contributed by atoms with Gasteiger partial charge in [-0.2, -0.15) is 0 Å². The third-order valence-electron chi connectivity index (χ3n) is 3.25. The number of likely N-dealkylation sites (tertiary alicyclic amines) is 1. The second-order valence-electron chi connectivity index (χ2n) is 4.90. The summed E-state index contributed by atoms with van der Waals surface area (Å²) in [4.78, 5) is 6.64. The molecule has 0 radical (unpaired) electrons.